The number of benzene rings is 2. The van der Waals surface area contributed by atoms with Gasteiger partial charge in [0.05, 0.1) is 6.10 Å². The number of piperidine rings is 1. The average Bonchev–Trinajstić information content (AvgIpc) is 2.95. The van der Waals surface area contributed by atoms with Crippen molar-refractivity contribution in [2.24, 2.45) is 0 Å². The van der Waals surface area contributed by atoms with Crippen LogP contribution in [-0.4, -0.2) is 46.5 Å². The van der Waals surface area contributed by atoms with Gasteiger partial charge in [-0.15, -0.1) is 0 Å². The zero-order valence-corrected chi connectivity index (χ0v) is 15.6. The third kappa shape index (κ3) is 3.96. The van der Waals surface area contributed by atoms with Crippen LogP contribution in [0.3, 0.4) is 0 Å². The fraction of sp³-hybridized carbons (Fsp3) is 0.429. The molecule has 1 atom stereocenters. The summed E-state index contributed by atoms with van der Waals surface area (Å²) < 4.78 is 71.0. The molecule has 29 heavy (non-hydrogen) atoms. The topological polar surface area (TPSA) is 28.4 Å². The van der Waals surface area contributed by atoms with Crippen molar-refractivity contribution in [2.75, 3.05) is 19.6 Å². The molecule has 0 spiro atoms. The van der Waals surface area contributed by atoms with E-state index in [9.17, 15) is 27.1 Å². The monoisotopic (exact) mass is 412 g/mol. The lowest BCUT2D eigenvalue weighted by Gasteiger charge is -2.32. The van der Waals surface area contributed by atoms with Crippen LogP contribution in [0.4, 0.5) is 22.0 Å². The van der Waals surface area contributed by atoms with Crippen LogP contribution in [0.2, 0.25) is 0 Å². The van der Waals surface area contributed by atoms with Crippen molar-refractivity contribution in [2.45, 2.75) is 37.6 Å². The lowest BCUT2D eigenvalue weighted by molar-refractivity contribution is -0.168. The minimum Gasteiger partial charge on any atom is -0.393 e. The van der Waals surface area contributed by atoms with Crippen LogP contribution in [0.25, 0.3) is 21.8 Å². The average molecular weight is 412 g/mol. The van der Waals surface area contributed by atoms with E-state index >= 15 is 0 Å². The van der Waals surface area contributed by atoms with Crippen LogP contribution in [0.5, 0.6) is 0 Å². The Morgan fingerprint density at radius 2 is 1.45 bits per heavy atom. The number of aromatic nitrogens is 1. The normalized spacial score (nSPS) is 18.0. The number of hydrogen-bond acceptors (Lipinski definition) is 2. The fourth-order valence-corrected chi connectivity index (χ4v) is 4.22. The minimum absolute atomic E-state index is 0.187. The van der Waals surface area contributed by atoms with E-state index in [1.165, 1.54) is 12.1 Å². The van der Waals surface area contributed by atoms with Crippen molar-refractivity contribution in [1.29, 1.82) is 0 Å². The highest BCUT2D eigenvalue weighted by Crippen LogP contribution is 2.41. The van der Waals surface area contributed by atoms with Gasteiger partial charge in [-0.25, -0.2) is 8.78 Å². The Morgan fingerprint density at radius 3 is 1.93 bits per heavy atom. The number of likely N-dealkylation sites (tertiary alicyclic amines) is 1. The van der Waals surface area contributed by atoms with Crippen molar-refractivity contribution in [1.82, 2.24) is 9.47 Å². The van der Waals surface area contributed by atoms with Crippen molar-refractivity contribution < 1.29 is 27.1 Å². The van der Waals surface area contributed by atoms with E-state index < -0.39 is 30.0 Å². The highest BCUT2D eigenvalue weighted by atomic mass is 19.4. The first-order chi connectivity index (χ1) is 13.7. The van der Waals surface area contributed by atoms with E-state index in [0.29, 0.717) is 25.9 Å². The molecule has 1 N–H and O–H groups in total. The maximum Gasteiger partial charge on any atom is 0.409 e. The third-order valence-corrected chi connectivity index (χ3v) is 5.69. The smallest absolute Gasteiger partial charge is 0.393 e. The summed E-state index contributed by atoms with van der Waals surface area (Å²) in [7, 11) is 0. The van der Waals surface area contributed by atoms with Crippen molar-refractivity contribution in [3.05, 3.63) is 48.0 Å². The van der Waals surface area contributed by atoms with Crippen LogP contribution in [-0.2, 0) is 0 Å². The Bertz CT molecular complexity index is 962. The van der Waals surface area contributed by atoms with Gasteiger partial charge in [0, 0.05) is 41.4 Å². The molecule has 0 radical (unpaired) electrons. The molecule has 4 rings (SSSR count). The van der Waals surface area contributed by atoms with Gasteiger partial charge in [-0.3, -0.25) is 0 Å². The van der Waals surface area contributed by atoms with Gasteiger partial charge in [-0.05, 0) is 55.7 Å². The number of fused-ring (bicyclic) bond motifs is 3. The number of aliphatic hydroxyl groups is 1. The van der Waals surface area contributed by atoms with Gasteiger partial charge in [0.1, 0.15) is 17.7 Å². The first kappa shape index (κ1) is 20.1. The SMILES string of the molecule is OC1CCN(CC[C@@H](n2c3ccc(F)cc3c3cc(F)ccc32)C(F)(F)F)CC1. The first-order valence-electron chi connectivity index (χ1n) is 9.60. The zero-order valence-electron chi connectivity index (χ0n) is 15.6. The van der Waals surface area contributed by atoms with E-state index in [2.05, 4.69) is 0 Å². The first-order valence-corrected chi connectivity index (χ1v) is 9.60. The van der Waals surface area contributed by atoms with Crippen LogP contribution < -0.4 is 0 Å². The summed E-state index contributed by atoms with van der Waals surface area (Å²) in [6, 6.07) is 5.34. The molecule has 0 aliphatic carbocycles. The lowest BCUT2D eigenvalue weighted by Crippen LogP contribution is -2.38. The quantitative estimate of drug-likeness (QED) is 0.610. The van der Waals surface area contributed by atoms with Crippen molar-refractivity contribution >= 4 is 21.8 Å². The van der Waals surface area contributed by atoms with E-state index in [1.54, 1.807) is 0 Å². The molecule has 1 aliphatic rings. The van der Waals surface area contributed by atoms with E-state index in [4.69, 9.17) is 0 Å². The summed E-state index contributed by atoms with van der Waals surface area (Å²) in [4.78, 5) is 1.92. The Labute approximate surface area is 164 Å². The number of halogens is 5. The second-order valence-corrected chi connectivity index (χ2v) is 7.61. The third-order valence-electron chi connectivity index (χ3n) is 5.69. The predicted molar refractivity (Wildman–Crippen MR) is 101 cm³/mol. The summed E-state index contributed by atoms with van der Waals surface area (Å²) >= 11 is 0. The molecule has 0 unspecified atom stereocenters. The van der Waals surface area contributed by atoms with Gasteiger partial charge >= 0.3 is 6.18 Å². The number of nitrogens with zero attached hydrogens (tertiary/aromatic N) is 2. The van der Waals surface area contributed by atoms with E-state index in [0.717, 1.165) is 28.8 Å². The van der Waals surface area contributed by atoms with Gasteiger partial charge in [0.25, 0.3) is 0 Å². The molecule has 0 bridgehead atoms. The standard InChI is InChI=1S/C21H21F5N2O/c22-13-1-3-18-16(11-13)17-12-14(23)2-4-19(17)28(18)20(21(24,25)26)7-10-27-8-5-15(29)6-9-27/h1-4,11-12,15,20,29H,5-10H2/t20-/m1/s1. The van der Waals surface area contributed by atoms with Gasteiger partial charge in [0.15, 0.2) is 0 Å². The van der Waals surface area contributed by atoms with Gasteiger partial charge < -0.3 is 14.6 Å². The number of rotatable bonds is 4. The second kappa shape index (κ2) is 7.57. The van der Waals surface area contributed by atoms with Crippen LogP contribution in [0, 0.1) is 11.6 Å². The summed E-state index contributed by atoms with van der Waals surface area (Å²) in [6.45, 7) is 1.32. The molecule has 2 heterocycles. The number of alkyl halides is 3. The Kier molecular flexibility index (Phi) is 5.25. The van der Waals surface area contributed by atoms with Gasteiger partial charge in [0.2, 0.25) is 0 Å². The highest BCUT2D eigenvalue weighted by molar-refractivity contribution is 6.08. The molecule has 0 amide bonds. The molecule has 8 heteroatoms. The molecule has 1 fully saturated rings. The molecular weight excluding hydrogens is 391 g/mol. The second-order valence-electron chi connectivity index (χ2n) is 7.61. The maximum atomic E-state index is 14.1. The fourth-order valence-electron chi connectivity index (χ4n) is 4.22. The van der Waals surface area contributed by atoms with Crippen LogP contribution in [0.1, 0.15) is 25.3 Å². The molecular formula is C21H21F5N2O. The summed E-state index contributed by atoms with van der Waals surface area (Å²) in [5, 5.41) is 10.1. The van der Waals surface area contributed by atoms with Gasteiger partial charge in [-0.2, -0.15) is 13.2 Å². The molecule has 1 saturated heterocycles. The zero-order chi connectivity index (χ0) is 20.8. The van der Waals surface area contributed by atoms with Gasteiger partial charge in [-0.1, -0.05) is 0 Å². The largest absolute Gasteiger partial charge is 0.409 e. The van der Waals surface area contributed by atoms with Crippen LogP contribution >= 0.6 is 0 Å². The van der Waals surface area contributed by atoms with Crippen molar-refractivity contribution in [3.8, 4) is 0 Å². The lowest BCUT2D eigenvalue weighted by atomic mass is 10.1. The minimum atomic E-state index is -4.53. The van der Waals surface area contributed by atoms with Crippen LogP contribution in [0.15, 0.2) is 36.4 Å². The molecule has 1 aromatic heterocycles. The summed E-state index contributed by atoms with van der Waals surface area (Å²) in [6.07, 6.45) is -4.02. The molecule has 1 aliphatic heterocycles. The molecule has 2 aromatic carbocycles. The molecule has 3 nitrogen and oxygen atoms in total. The van der Waals surface area contributed by atoms with Crippen molar-refractivity contribution in [3.63, 3.8) is 0 Å². The molecule has 0 saturated carbocycles. The molecule has 3 aromatic rings. The predicted octanol–water partition coefficient (Wildman–Crippen LogP) is 5.02. The molecule has 156 valence electrons. The Balaban J connectivity index is 1.77. The summed E-state index contributed by atoms with van der Waals surface area (Å²) in [5.74, 6) is -1.17. The maximum absolute atomic E-state index is 14.1. The highest BCUT2D eigenvalue weighted by Gasteiger charge is 2.42. The van der Waals surface area contributed by atoms with E-state index in [1.807, 2.05) is 4.90 Å². The number of aliphatic hydroxyl groups excluding tert-OH is 1. The summed E-state index contributed by atoms with van der Waals surface area (Å²) in [5.41, 5.74) is 0.451. The Hall–Kier alpha value is -2.19. The van der Waals surface area contributed by atoms with E-state index in [-0.39, 0.29) is 34.8 Å². The Morgan fingerprint density at radius 1 is 0.931 bits per heavy atom. The number of hydrogen-bond donors (Lipinski definition) is 1.